The Hall–Kier alpha value is -3.53. The summed E-state index contributed by atoms with van der Waals surface area (Å²) in [6.45, 7) is 5.56. The molecule has 0 N–H and O–H groups in total. The molecule has 26 heavy (non-hydrogen) atoms. The van der Waals surface area contributed by atoms with Crippen molar-refractivity contribution in [1.82, 2.24) is 19.7 Å². The first-order chi connectivity index (χ1) is 12.5. The van der Waals surface area contributed by atoms with E-state index in [0.717, 1.165) is 17.0 Å². The van der Waals surface area contributed by atoms with Gasteiger partial charge in [-0.1, -0.05) is 12.1 Å². The zero-order valence-electron chi connectivity index (χ0n) is 14.7. The molecular weight excluding hydrogens is 330 g/mol. The SMILES string of the molecule is Cc1cc(C)nc(-n2cc(C(=O)OCc3cccc(C#N)c3)c(C)n2)n1. The highest BCUT2D eigenvalue weighted by Gasteiger charge is 2.17. The molecule has 1 aromatic carbocycles. The number of carbonyl (C=O) groups excluding carboxylic acids is 1. The molecule has 2 aromatic heterocycles. The van der Waals surface area contributed by atoms with Crippen LogP contribution in [-0.2, 0) is 11.3 Å². The van der Waals surface area contributed by atoms with Gasteiger partial charge in [-0.25, -0.2) is 19.4 Å². The fraction of sp³-hybridized carbons (Fsp3) is 0.211. The highest BCUT2D eigenvalue weighted by Crippen LogP contribution is 2.13. The van der Waals surface area contributed by atoms with Crippen molar-refractivity contribution in [3.63, 3.8) is 0 Å². The molecule has 0 radical (unpaired) electrons. The third kappa shape index (κ3) is 3.75. The van der Waals surface area contributed by atoms with Gasteiger partial charge in [-0.15, -0.1) is 0 Å². The summed E-state index contributed by atoms with van der Waals surface area (Å²) < 4.78 is 6.82. The van der Waals surface area contributed by atoms with E-state index in [9.17, 15) is 4.79 Å². The van der Waals surface area contributed by atoms with Gasteiger partial charge >= 0.3 is 5.97 Å². The second kappa shape index (κ2) is 7.15. The maximum absolute atomic E-state index is 12.4. The summed E-state index contributed by atoms with van der Waals surface area (Å²) in [5, 5.41) is 13.2. The number of esters is 1. The molecule has 7 heteroatoms. The number of benzene rings is 1. The fourth-order valence-corrected chi connectivity index (χ4v) is 2.53. The smallest absolute Gasteiger partial charge is 0.341 e. The van der Waals surface area contributed by atoms with Crippen molar-refractivity contribution in [2.24, 2.45) is 0 Å². The maximum atomic E-state index is 12.4. The van der Waals surface area contributed by atoms with E-state index in [4.69, 9.17) is 10.00 Å². The number of aryl methyl sites for hydroxylation is 3. The zero-order valence-corrected chi connectivity index (χ0v) is 14.7. The first kappa shape index (κ1) is 17.3. The predicted molar refractivity (Wildman–Crippen MR) is 93.6 cm³/mol. The van der Waals surface area contributed by atoms with Crippen molar-refractivity contribution in [2.45, 2.75) is 27.4 Å². The number of carbonyl (C=O) groups is 1. The van der Waals surface area contributed by atoms with Crippen molar-refractivity contribution in [3.05, 3.63) is 70.3 Å². The Morgan fingerprint density at radius 2 is 1.92 bits per heavy atom. The highest BCUT2D eigenvalue weighted by molar-refractivity contribution is 5.90. The molecule has 0 aliphatic heterocycles. The van der Waals surface area contributed by atoms with E-state index in [1.54, 1.807) is 37.4 Å². The predicted octanol–water partition coefficient (Wildman–Crippen LogP) is 2.82. The third-order valence-electron chi connectivity index (χ3n) is 3.72. The van der Waals surface area contributed by atoms with Crippen LogP contribution in [0.4, 0.5) is 0 Å². The van der Waals surface area contributed by atoms with Gasteiger partial charge in [0.05, 0.1) is 17.3 Å². The summed E-state index contributed by atoms with van der Waals surface area (Å²) in [6, 6.07) is 10.9. The number of rotatable bonds is 4. The minimum absolute atomic E-state index is 0.0824. The number of aromatic nitrogens is 4. The summed E-state index contributed by atoms with van der Waals surface area (Å²) >= 11 is 0. The molecule has 7 nitrogen and oxygen atoms in total. The average molecular weight is 347 g/mol. The molecule has 3 aromatic rings. The van der Waals surface area contributed by atoms with Gasteiger partial charge in [0.15, 0.2) is 0 Å². The Bertz CT molecular complexity index is 997. The van der Waals surface area contributed by atoms with Crippen LogP contribution in [-0.4, -0.2) is 25.7 Å². The van der Waals surface area contributed by atoms with Gasteiger partial charge in [0.1, 0.15) is 12.2 Å². The molecule has 0 aliphatic carbocycles. The van der Waals surface area contributed by atoms with Gasteiger partial charge in [-0.05, 0) is 44.5 Å². The van der Waals surface area contributed by atoms with Crippen LogP contribution in [0, 0.1) is 32.1 Å². The molecule has 0 saturated heterocycles. The van der Waals surface area contributed by atoms with Crippen LogP contribution < -0.4 is 0 Å². The molecule has 0 unspecified atom stereocenters. The Morgan fingerprint density at radius 3 is 2.62 bits per heavy atom. The summed E-state index contributed by atoms with van der Waals surface area (Å²) in [7, 11) is 0. The van der Waals surface area contributed by atoms with E-state index >= 15 is 0 Å². The van der Waals surface area contributed by atoms with E-state index in [-0.39, 0.29) is 6.61 Å². The van der Waals surface area contributed by atoms with Gasteiger partial charge in [0, 0.05) is 17.6 Å². The lowest BCUT2D eigenvalue weighted by atomic mass is 10.1. The van der Waals surface area contributed by atoms with Crippen LogP contribution in [0.15, 0.2) is 36.5 Å². The first-order valence-electron chi connectivity index (χ1n) is 8.01. The van der Waals surface area contributed by atoms with E-state index < -0.39 is 5.97 Å². The largest absolute Gasteiger partial charge is 0.457 e. The summed E-state index contributed by atoms with van der Waals surface area (Å²) in [5.41, 5.74) is 3.80. The Labute approximate surface area is 150 Å². The molecule has 0 aliphatic rings. The minimum Gasteiger partial charge on any atom is -0.457 e. The second-order valence-corrected chi connectivity index (χ2v) is 5.91. The lowest BCUT2D eigenvalue weighted by Crippen LogP contribution is -2.06. The van der Waals surface area contributed by atoms with Crippen LogP contribution in [0.5, 0.6) is 0 Å². The molecular formula is C19H17N5O2. The molecule has 3 rings (SSSR count). The maximum Gasteiger partial charge on any atom is 0.341 e. The monoisotopic (exact) mass is 347 g/mol. The number of ether oxygens (including phenoxy) is 1. The van der Waals surface area contributed by atoms with Gasteiger partial charge in [0.25, 0.3) is 5.95 Å². The molecule has 0 atom stereocenters. The van der Waals surface area contributed by atoms with Crippen molar-refractivity contribution in [2.75, 3.05) is 0 Å². The van der Waals surface area contributed by atoms with Crippen LogP contribution in [0.2, 0.25) is 0 Å². The van der Waals surface area contributed by atoms with Gasteiger partial charge in [-0.2, -0.15) is 10.4 Å². The number of hydrogen-bond donors (Lipinski definition) is 0. The number of nitriles is 1. The zero-order chi connectivity index (χ0) is 18.7. The minimum atomic E-state index is -0.486. The quantitative estimate of drug-likeness (QED) is 0.674. The van der Waals surface area contributed by atoms with E-state index in [1.165, 1.54) is 4.68 Å². The Balaban J connectivity index is 1.78. The van der Waals surface area contributed by atoms with E-state index in [1.807, 2.05) is 19.9 Å². The van der Waals surface area contributed by atoms with Gasteiger partial charge in [0.2, 0.25) is 0 Å². The summed E-state index contributed by atoms with van der Waals surface area (Å²) in [5.74, 6) is -0.0770. The van der Waals surface area contributed by atoms with E-state index in [0.29, 0.717) is 22.8 Å². The second-order valence-electron chi connectivity index (χ2n) is 5.91. The molecule has 2 heterocycles. The summed E-state index contributed by atoms with van der Waals surface area (Å²) in [6.07, 6.45) is 1.57. The van der Waals surface area contributed by atoms with Crippen molar-refractivity contribution >= 4 is 5.97 Å². The standard InChI is InChI=1S/C19H17N5O2/c1-12-7-13(2)22-19(21-12)24-10-17(14(3)23-24)18(25)26-11-16-6-4-5-15(8-16)9-20/h4-8,10H,11H2,1-3H3. The van der Waals surface area contributed by atoms with Crippen LogP contribution in [0.1, 0.15) is 38.6 Å². The molecule has 0 fully saturated rings. The fourth-order valence-electron chi connectivity index (χ4n) is 2.53. The van der Waals surface area contributed by atoms with Crippen molar-refractivity contribution < 1.29 is 9.53 Å². The van der Waals surface area contributed by atoms with Crippen molar-refractivity contribution in [1.29, 1.82) is 5.26 Å². The van der Waals surface area contributed by atoms with Gasteiger partial charge in [-0.3, -0.25) is 0 Å². The van der Waals surface area contributed by atoms with Crippen LogP contribution in [0.25, 0.3) is 5.95 Å². The number of nitrogens with zero attached hydrogens (tertiary/aromatic N) is 5. The molecule has 0 amide bonds. The molecule has 130 valence electrons. The molecule has 0 saturated carbocycles. The average Bonchev–Trinajstić information content (AvgIpc) is 3.01. The summed E-state index contributed by atoms with van der Waals surface area (Å²) in [4.78, 5) is 21.1. The Morgan fingerprint density at radius 1 is 1.19 bits per heavy atom. The third-order valence-corrected chi connectivity index (χ3v) is 3.72. The first-order valence-corrected chi connectivity index (χ1v) is 8.01. The van der Waals surface area contributed by atoms with Crippen LogP contribution in [0.3, 0.4) is 0 Å². The lowest BCUT2D eigenvalue weighted by molar-refractivity contribution is 0.0472. The number of hydrogen-bond acceptors (Lipinski definition) is 6. The topological polar surface area (TPSA) is 93.7 Å². The van der Waals surface area contributed by atoms with Crippen LogP contribution >= 0.6 is 0 Å². The van der Waals surface area contributed by atoms with E-state index in [2.05, 4.69) is 21.1 Å². The normalized spacial score (nSPS) is 10.4. The highest BCUT2D eigenvalue weighted by atomic mass is 16.5. The lowest BCUT2D eigenvalue weighted by Gasteiger charge is -2.04. The molecule has 0 spiro atoms. The Kier molecular flexibility index (Phi) is 4.76. The van der Waals surface area contributed by atoms with Gasteiger partial charge < -0.3 is 4.74 Å². The molecule has 0 bridgehead atoms. The van der Waals surface area contributed by atoms with Crippen molar-refractivity contribution in [3.8, 4) is 12.0 Å².